The summed E-state index contributed by atoms with van der Waals surface area (Å²) in [6.45, 7) is 13.0. The van der Waals surface area contributed by atoms with Gasteiger partial charge in [-0.2, -0.15) is 0 Å². The monoisotopic (exact) mass is 578 g/mol. The summed E-state index contributed by atoms with van der Waals surface area (Å²) in [5.41, 5.74) is 3.09. The molecule has 0 atom stereocenters. The lowest BCUT2D eigenvalue weighted by molar-refractivity contribution is -0.120. The molecule has 8 nitrogen and oxygen atoms in total. The predicted molar refractivity (Wildman–Crippen MR) is 163 cm³/mol. The van der Waals surface area contributed by atoms with Crippen LogP contribution in [0.4, 0.5) is 4.39 Å². The van der Waals surface area contributed by atoms with Gasteiger partial charge in [0.15, 0.2) is 0 Å². The molecule has 226 valence electrons. The third kappa shape index (κ3) is 9.70. The number of likely N-dealkylation sites (N-methyl/N-ethyl adjacent to an activating group) is 1. The van der Waals surface area contributed by atoms with Gasteiger partial charge in [-0.25, -0.2) is 4.39 Å². The van der Waals surface area contributed by atoms with Crippen molar-refractivity contribution in [3.63, 3.8) is 0 Å². The van der Waals surface area contributed by atoms with Crippen LogP contribution in [0.3, 0.4) is 0 Å². The predicted octanol–water partition coefficient (Wildman–Crippen LogP) is 4.81. The Labute approximate surface area is 248 Å². The maximum atomic E-state index is 14.0. The number of ether oxygens (including phenoxy) is 3. The minimum Gasteiger partial charge on any atom is -0.494 e. The summed E-state index contributed by atoms with van der Waals surface area (Å²) < 4.78 is 31.6. The van der Waals surface area contributed by atoms with E-state index in [0.717, 1.165) is 55.3 Å². The Morgan fingerprint density at radius 1 is 1.00 bits per heavy atom. The molecule has 0 saturated carbocycles. The molecule has 1 amide bonds. The van der Waals surface area contributed by atoms with Crippen molar-refractivity contribution in [3.05, 3.63) is 71.8 Å². The van der Waals surface area contributed by atoms with Crippen LogP contribution in [0.2, 0.25) is 0 Å². The second kappa shape index (κ2) is 15.5. The fourth-order valence-electron chi connectivity index (χ4n) is 4.66. The second-order valence-electron chi connectivity index (χ2n) is 11.1. The summed E-state index contributed by atoms with van der Waals surface area (Å²) in [5, 5.41) is 2.85. The Balaban J connectivity index is 1.35. The lowest BCUT2D eigenvalue weighted by Gasteiger charge is -2.32. The number of pyridine rings is 1. The largest absolute Gasteiger partial charge is 0.494 e. The molecule has 2 aromatic carbocycles. The van der Waals surface area contributed by atoms with Crippen molar-refractivity contribution < 1.29 is 23.4 Å². The van der Waals surface area contributed by atoms with E-state index in [1.54, 1.807) is 12.3 Å². The van der Waals surface area contributed by atoms with Gasteiger partial charge in [-0.3, -0.25) is 14.7 Å². The van der Waals surface area contributed by atoms with Gasteiger partial charge in [-0.15, -0.1) is 0 Å². The number of nitrogens with zero attached hydrogens (tertiary/aromatic N) is 3. The second-order valence-corrected chi connectivity index (χ2v) is 11.1. The molecule has 4 rings (SSSR count). The van der Waals surface area contributed by atoms with Crippen molar-refractivity contribution in [2.24, 2.45) is 5.92 Å². The number of benzene rings is 2. The summed E-state index contributed by atoms with van der Waals surface area (Å²) in [6, 6.07) is 14.1. The van der Waals surface area contributed by atoms with E-state index in [1.807, 2.05) is 51.1 Å². The highest BCUT2D eigenvalue weighted by molar-refractivity contribution is 5.78. The Morgan fingerprint density at radius 3 is 2.52 bits per heavy atom. The number of amides is 1. The Hall–Kier alpha value is -3.69. The zero-order chi connectivity index (χ0) is 29.9. The number of carbonyl (C=O) groups excluding carboxylic acids is 1. The lowest BCUT2D eigenvalue weighted by atomic mass is 10.1. The Kier molecular flexibility index (Phi) is 11.5. The number of carbonyl (C=O) groups is 1. The van der Waals surface area contributed by atoms with E-state index >= 15 is 0 Å². The van der Waals surface area contributed by atoms with Crippen LogP contribution in [0.5, 0.6) is 17.2 Å². The van der Waals surface area contributed by atoms with Crippen LogP contribution in [0.15, 0.2) is 54.7 Å². The molecule has 9 heteroatoms. The van der Waals surface area contributed by atoms with Gasteiger partial charge in [0.25, 0.3) is 0 Å². The first kappa shape index (κ1) is 31.3. The summed E-state index contributed by atoms with van der Waals surface area (Å²) in [4.78, 5) is 21.9. The maximum Gasteiger partial charge on any atom is 0.226 e. The van der Waals surface area contributed by atoms with E-state index in [9.17, 15) is 9.18 Å². The number of aromatic nitrogens is 1. The summed E-state index contributed by atoms with van der Waals surface area (Å²) in [6.07, 6.45) is 1.88. The van der Waals surface area contributed by atoms with Gasteiger partial charge in [0, 0.05) is 74.4 Å². The molecule has 0 aliphatic carbocycles. The van der Waals surface area contributed by atoms with Crippen molar-refractivity contribution in [1.82, 2.24) is 20.1 Å². The van der Waals surface area contributed by atoms with Gasteiger partial charge in [0.05, 0.1) is 19.6 Å². The number of piperazine rings is 1. The number of nitrogens with one attached hydrogen (secondary N) is 1. The van der Waals surface area contributed by atoms with Gasteiger partial charge in [-0.05, 0) is 55.8 Å². The molecular formula is C33H43FN4O4. The molecule has 0 bridgehead atoms. The molecule has 0 spiro atoms. The third-order valence-electron chi connectivity index (χ3n) is 7.01. The average Bonchev–Trinajstić information content (AvgIpc) is 2.97. The smallest absolute Gasteiger partial charge is 0.226 e. The number of hydrogen-bond donors (Lipinski definition) is 1. The fraction of sp³-hybridized carbons (Fsp3) is 0.455. The van der Waals surface area contributed by atoms with Crippen molar-refractivity contribution in [1.29, 1.82) is 0 Å². The minimum absolute atomic E-state index is 0.115. The summed E-state index contributed by atoms with van der Waals surface area (Å²) >= 11 is 0. The lowest BCUT2D eigenvalue weighted by Crippen LogP contribution is -2.45. The van der Waals surface area contributed by atoms with E-state index in [1.165, 1.54) is 12.1 Å². The highest BCUT2D eigenvalue weighted by Crippen LogP contribution is 2.33. The van der Waals surface area contributed by atoms with Gasteiger partial charge in [-0.1, -0.05) is 19.9 Å². The standard InChI is InChI=1S/C33H43FN4O4/c1-5-40-29-8-9-31(32(20-29)41-15-14-38-12-10-37(4)11-13-38)26-6-7-28(35-22-26)19-33(39)36-21-25-16-27(34)18-30(17-25)42-23-24(2)3/h6-9,16-18,20,22,24H,5,10-15,19,21,23H2,1-4H3,(H,36,39). The molecule has 2 heterocycles. The molecule has 42 heavy (non-hydrogen) atoms. The number of hydrogen-bond acceptors (Lipinski definition) is 7. The molecule has 1 aliphatic rings. The van der Waals surface area contributed by atoms with E-state index in [4.69, 9.17) is 14.2 Å². The Morgan fingerprint density at radius 2 is 1.81 bits per heavy atom. The van der Waals surface area contributed by atoms with E-state index < -0.39 is 5.82 Å². The molecule has 0 radical (unpaired) electrons. The van der Waals surface area contributed by atoms with Gasteiger partial charge >= 0.3 is 0 Å². The minimum atomic E-state index is -0.394. The van der Waals surface area contributed by atoms with Crippen LogP contribution in [-0.4, -0.2) is 80.3 Å². The number of rotatable bonds is 14. The maximum absolute atomic E-state index is 14.0. The molecule has 0 unspecified atom stereocenters. The van der Waals surface area contributed by atoms with Gasteiger partial charge < -0.3 is 24.4 Å². The van der Waals surface area contributed by atoms with E-state index in [-0.39, 0.29) is 18.9 Å². The molecule has 1 aromatic heterocycles. The Bertz CT molecular complexity index is 1290. The van der Waals surface area contributed by atoms with Crippen molar-refractivity contribution in [2.75, 3.05) is 59.6 Å². The topological polar surface area (TPSA) is 76.2 Å². The normalized spacial score (nSPS) is 14.1. The van der Waals surface area contributed by atoms with Crippen LogP contribution in [-0.2, 0) is 17.8 Å². The fourth-order valence-corrected chi connectivity index (χ4v) is 4.66. The van der Waals surface area contributed by atoms with Crippen molar-refractivity contribution in [3.8, 4) is 28.4 Å². The first-order valence-corrected chi connectivity index (χ1v) is 14.7. The molecule has 1 N–H and O–H groups in total. The number of halogens is 1. The quantitative estimate of drug-likeness (QED) is 0.294. The molecule has 1 aliphatic heterocycles. The van der Waals surface area contributed by atoms with Gasteiger partial charge in [0.1, 0.15) is 29.7 Å². The zero-order valence-corrected chi connectivity index (χ0v) is 25.2. The first-order valence-electron chi connectivity index (χ1n) is 14.7. The highest BCUT2D eigenvalue weighted by Gasteiger charge is 2.15. The van der Waals surface area contributed by atoms with Crippen LogP contribution in [0, 0.1) is 11.7 Å². The molecule has 1 saturated heterocycles. The van der Waals surface area contributed by atoms with E-state index in [0.29, 0.717) is 42.7 Å². The summed E-state index contributed by atoms with van der Waals surface area (Å²) in [7, 11) is 2.15. The molecule has 1 fully saturated rings. The van der Waals surface area contributed by atoms with Crippen LogP contribution in [0.25, 0.3) is 11.1 Å². The SMILES string of the molecule is CCOc1ccc(-c2ccc(CC(=O)NCc3cc(F)cc(OCC(C)C)c3)nc2)c(OCCN2CCN(C)CC2)c1. The average molecular weight is 579 g/mol. The van der Waals surface area contributed by atoms with Gasteiger partial charge in [0.2, 0.25) is 5.91 Å². The van der Waals surface area contributed by atoms with Crippen LogP contribution >= 0.6 is 0 Å². The molecular weight excluding hydrogens is 535 g/mol. The van der Waals surface area contributed by atoms with Crippen LogP contribution in [0.1, 0.15) is 32.0 Å². The van der Waals surface area contributed by atoms with Crippen LogP contribution < -0.4 is 19.5 Å². The molecule has 3 aromatic rings. The summed E-state index contributed by atoms with van der Waals surface area (Å²) in [5.74, 6) is 1.70. The third-order valence-corrected chi connectivity index (χ3v) is 7.01. The first-order chi connectivity index (χ1) is 20.3. The highest BCUT2D eigenvalue weighted by atomic mass is 19.1. The van der Waals surface area contributed by atoms with E-state index in [2.05, 4.69) is 27.1 Å². The zero-order valence-electron chi connectivity index (χ0n) is 25.2. The van der Waals surface area contributed by atoms with Crippen molar-refractivity contribution in [2.45, 2.75) is 33.7 Å². The van der Waals surface area contributed by atoms with Crippen molar-refractivity contribution >= 4 is 5.91 Å².